The summed E-state index contributed by atoms with van der Waals surface area (Å²) in [5, 5.41) is 0. The van der Waals surface area contributed by atoms with Gasteiger partial charge in [0, 0.05) is 19.6 Å². The molecule has 25 heavy (non-hydrogen) atoms. The molecular formula is C23H41NO. The van der Waals surface area contributed by atoms with Crippen LogP contribution in [0.2, 0.25) is 0 Å². The van der Waals surface area contributed by atoms with Crippen LogP contribution in [0.1, 0.15) is 67.2 Å². The van der Waals surface area contributed by atoms with Crippen LogP contribution in [0.3, 0.4) is 0 Å². The molecule has 1 heterocycles. The first-order valence-electron chi connectivity index (χ1n) is 10.1. The average Bonchev–Trinajstić information content (AvgIpc) is 2.51. The first-order valence-corrected chi connectivity index (χ1v) is 10.1. The van der Waals surface area contributed by atoms with Gasteiger partial charge in [-0.25, -0.2) is 0 Å². The fourth-order valence-corrected chi connectivity index (χ4v) is 3.47. The van der Waals surface area contributed by atoms with Crippen molar-refractivity contribution in [3.63, 3.8) is 0 Å². The molecule has 2 nitrogen and oxygen atoms in total. The van der Waals surface area contributed by atoms with E-state index >= 15 is 0 Å². The Labute approximate surface area is 157 Å². The van der Waals surface area contributed by atoms with E-state index in [9.17, 15) is 0 Å². The van der Waals surface area contributed by atoms with Gasteiger partial charge >= 0.3 is 0 Å². The quantitative estimate of drug-likeness (QED) is 0.354. The van der Waals surface area contributed by atoms with Crippen molar-refractivity contribution in [2.75, 3.05) is 19.6 Å². The van der Waals surface area contributed by atoms with Crippen LogP contribution >= 0.6 is 0 Å². The summed E-state index contributed by atoms with van der Waals surface area (Å²) in [4.78, 5) is 2.57. The van der Waals surface area contributed by atoms with Gasteiger partial charge in [-0.1, -0.05) is 64.0 Å². The van der Waals surface area contributed by atoms with E-state index in [1.807, 2.05) is 6.08 Å². The van der Waals surface area contributed by atoms with E-state index < -0.39 is 0 Å². The largest absolute Gasteiger partial charge is 0.373 e. The highest BCUT2D eigenvalue weighted by atomic mass is 16.5. The normalized spacial score (nSPS) is 24.6. The van der Waals surface area contributed by atoms with Crippen LogP contribution in [0.5, 0.6) is 0 Å². The van der Waals surface area contributed by atoms with Crippen LogP contribution < -0.4 is 0 Å². The highest BCUT2D eigenvalue weighted by molar-refractivity contribution is 5.20. The SMILES string of the molecule is C=CCC=C(C=CCC(C)(C)CC)CC(C)CN1CC(C)OC(C)C1. The molecular weight excluding hydrogens is 306 g/mol. The van der Waals surface area contributed by atoms with E-state index in [0.717, 1.165) is 38.9 Å². The zero-order valence-corrected chi connectivity index (χ0v) is 17.6. The number of rotatable bonds is 10. The van der Waals surface area contributed by atoms with E-state index in [2.05, 4.69) is 71.2 Å². The minimum absolute atomic E-state index is 0.350. The van der Waals surface area contributed by atoms with Crippen molar-refractivity contribution in [3.8, 4) is 0 Å². The van der Waals surface area contributed by atoms with E-state index in [0.29, 0.717) is 23.5 Å². The molecule has 3 unspecified atom stereocenters. The molecule has 0 amide bonds. The molecule has 0 saturated carbocycles. The summed E-state index contributed by atoms with van der Waals surface area (Å²) >= 11 is 0. The van der Waals surface area contributed by atoms with Crippen molar-refractivity contribution in [2.24, 2.45) is 11.3 Å². The zero-order valence-electron chi connectivity index (χ0n) is 17.6. The number of allylic oxidation sites excluding steroid dienone is 5. The molecule has 3 atom stereocenters. The monoisotopic (exact) mass is 347 g/mol. The molecule has 0 spiro atoms. The molecule has 1 aliphatic rings. The third-order valence-electron chi connectivity index (χ3n) is 5.16. The molecule has 0 N–H and O–H groups in total. The first kappa shape index (κ1) is 22.2. The lowest BCUT2D eigenvalue weighted by Gasteiger charge is -2.36. The Kier molecular flexibility index (Phi) is 9.74. The summed E-state index contributed by atoms with van der Waals surface area (Å²) in [5.74, 6) is 0.650. The Hall–Kier alpha value is -0.860. The van der Waals surface area contributed by atoms with Gasteiger partial charge in [0.05, 0.1) is 12.2 Å². The lowest BCUT2D eigenvalue weighted by atomic mass is 9.86. The second-order valence-corrected chi connectivity index (χ2v) is 8.71. The standard InChI is InChI=1S/C23H41NO/c1-8-10-12-22(13-11-14-23(6,7)9-2)15-19(3)16-24-17-20(4)25-21(5)18-24/h8,11-13,19-21H,1,9-10,14-18H2,2-7H3. The van der Waals surface area contributed by atoms with Gasteiger partial charge in [0.25, 0.3) is 0 Å². The van der Waals surface area contributed by atoms with Gasteiger partial charge in [-0.2, -0.15) is 0 Å². The molecule has 0 radical (unpaired) electrons. The van der Waals surface area contributed by atoms with Gasteiger partial charge in [0.2, 0.25) is 0 Å². The molecule has 1 rings (SSSR count). The van der Waals surface area contributed by atoms with Crippen molar-refractivity contribution < 1.29 is 4.74 Å². The van der Waals surface area contributed by atoms with Crippen LogP contribution in [-0.2, 0) is 4.74 Å². The molecule has 0 aromatic carbocycles. The second-order valence-electron chi connectivity index (χ2n) is 8.71. The second kappa shape index (κ2) is 11.0. The Morgan fingerprint density at radius 1 is 1.28 bits per heavy atom. The maximum atomic E-state index is 5.85. The maximum Gasteiger partial charge on any atom is 0.0678 e. The first-order chi connectivity index (χ1) is 11.8. The molecule has 0 aliphatic carbocycles. The van der Waals surface area contributed by atoms with Crippen LogP contribution in [0, 0.1) is 11.3 Å². The van der Waals surface area contributed by atoms with Crippen molar-refractivity contribution in [1.29, 1.82) is 0 Å². The highest BCUT2D eigenvalue weighted by Gasteiger charge is 2.23. The zero-order chi connectivity index (χ0) is 18.9. The van der Waals surface area contributed by atoms with Crippen molar-refractivity contribution >= 4 is 0 Å². The molecule has 2 heteroatoms. The van der Waals surface area contributed by atoms with E-state index in [1.54, 1.807) is 0 Å². The van der Waals surface area contributed by atoms with E-state index in [1.165, 1.54) is 12.0 Å². The molecule has 1 aliphatic heterocycles. The lowest BCUT2D eigenvalue weighted by molar-refractivity contribution is -0.0708. The number of hydrogen-bond donors (Lipinski definition) is 0. The van der Waals surface area contributed by atoms with Crippen molar-refractivity contribution in [3.05, 3.63) is 36.5 Å². The topological polar surface area (TPSA) is 12.5 Å². The molecule has 0 bridgehead atoms. The third kappa shape index (κ3) is 9.42. The summed E-state index contributed by atoms with van der Waals surface area (Å²) in [7, 11) is 0. The maximum absolute atomic E-state index is 5.85. The summed E-state index contributed by atoms with van der Waals surface area (Å²) < 4.78 is 5.85. The van der Waals surface area contributed by atoms with E-state index in [4.69, 9.17) is 4.74 Å². The number of ether oxygens (including phenoxy) is 1. The minimum Gasteiger partial charge on any atom is -0.373 e. The van der Waals surface area contributed by atoms with Crippen LogP contribution in [0.15, 0.2) is 36.5 Å². The van der Waals surface area contributed by atoms with Gasteiger partial charge < -0.3 is 4.74 Å². The van der Waals surface area contributed by atoms with Gasteiger partial charge in [-0.15, -0.1) is 6.58 Å². The Bertz CT molecular complexity index is 439. The van der Waals surface area contributed by atoms with E-state index in [-0.39, 0.29) is 0 Å². The summed E-state index contributed by atoms with van der Waals surface area (Å²) in [5.41, 5.74) is 1.85. The van der Waals surface area contributed by atoms with Crippen molar-refractivity contribution in [1.82, 2.24) is 4.90 Å². The fourth-order valence-electron chi connectivity index (χ4n) is 3.47. The van der Waals surface area contributed by atoms with Crippen LogP contribution in [0.25, 0.3) is 0 Å². The van der Waals surface area contributed by atoms with Crippen LogP contribution in [0.4, 0.5) is 0 Å². The van der Waals surface area contributed by atoms with Gasteiger partial charge in [-0.3, -0.25) is 4.90 Å². The number of morpholine rings is 1. The van der Waals surface area contributed by atoms with Crippen molar-refractivity contribution in [2.45, 2.75) is 79.4 Å². The van der Waals surface area contributed by atoms with Gasteiger partial charge in [-0.05, 0) is 44.4 Å². The van der Waals surface area contributed by atoms with Gasteiger partial charge in [0.15, 0.2) is 0 Å². The molecule has 1 saturated heterocycles. The van der Waals surface area contributed by atoms with Gasteiger partial charge in [0.1, 0.15) is 0 Å². The number of hydrogen-bond acceptors (Lipinski definition) is 2. The fraction of sp³-hybridized carbons (Fsp3) is 0.739. The third-order valence-corrected chi connectivity index (χ3v) is 5.16. The summed E-state index contributed by atoms with van der Waals surface area (Å²) in [6, 6.07) is 0. The molecule has 1 fully saturated rings. The minimum atomic E-state index is 0.350. The predicted octanol–water partition coefficient (Wildman–Crippen LogP) is 6.01. The number of nitrogens with zero attached hydrogens (tertiary/aromatic N) is 1. The molecule has 0 aromatic heterocycles. The average molecular weight is 348 g/mol. The van der Waals surface area contributed by atoms with Crippen LogP contribution in [-0.4, -0.2) is 36.7 Å². The summed E-state index contributed by atoms with van der Waals surface area (Å²) in [6.45, 7) is 20.8. The smallest absolute Gasteiger partial charge is 0.0678 e. The molecule has 0 aromatic rings. The Morgan fingerprint density at radius 3 is 2.48 bits per heavy atom. The Balaban J connectivity index is 2.58. The Morgan fingerprint density at radius 2 is 1.92 bits per heavy atom. The predicted molar refractivity (Wildman–Crippen MR) is 111 cm³/mol. The molecule has 144 valence electrons. The highest BCUT2D eigenvalue weighted by Crippen LogP contribution is 2.26. The lowest BCUT2D eigenvalue weighted by Crippen LogP contribution is -2.46. The summed E-state index contributed by atoms with van der Waals surface area (Å²) in [6.07, 6.45) is 14.2.